The summed E-state index contributed by atoms with van der Waals surface area (Å²) in [5, 5.41) is 32.5. The number of nitrogens with one attached hydrogen (secondary N) is 4. The maximum absolute atomic E-state index is 12.9. The second kappa shape index (κ2) is 16.8. The monoisotopic (exact) mass is 665 g/mol. The lowest BCUT2D eigenvalue weighted by atomic mass is 9.90. The van der Waals surface area contributed by atoms with Crippen molar-refractivity contribution in [2.75, 3.05) is 10.6 Å². The van der Waals surface area contributed by atoms with E-state index in [0.717, 1.165) is 73.7 Å². The number of carboxylic acid groups (broad SMARTS) is 2. The first-order valence-corrected chi connectivity index (χ1v) is 14.4. The number of rotatable bonds is 5. The van der Waals surface area contributed by atoms with Crippen LogP contribution in [0.2, 0.25) is 0 Å². The van der Waals surface area contributed by atoms with Gasteiger partial charge in [0.25, 0.3) is 0 Å². The minimum absolute atomic E-state index is 0.0107. The standard InChI is InChI=1S/C24H35N7O.2C2HF3O2/c1-15-12-13-18-17(14-15)21(27-19-10-6-7-11-20(19)28-23(25)26)30-24(29-18)31-22(32)16-8-4-2-3-5-9-16;2*3-2(4,5)1(6)7/h12-14,16,19-20H,2-11H2,1H3,(H4,25,26,28)(H2,27,29,30,31,32);2*(H,6,7). The molecular formula is C28H37F6N7O5. The Kier molecular flexibility index (Phi) is 13.8. The zero-order valence-electron chi connectivity index (χ0n) is 24.9. The van der Waals surface area contributed by atoms with Crippen LogP contribution in [-0.4, -0.2) is 68.4 Å². The molecule has 2 aromatic rings. The average molecular weight is 666 g/mol. The van der Waals surface area contributed by atoms with Gasteiger partial charge in [-0.1, -0.05) is 50.2 Å². The van der Waals surface area contributed by atoms with E-state index in [1.807, 2.05) is 19.1 Å². The second-order valence-corrected chi connectivity index (χ2v) is 10.9. The van der Waals surface area contributed by atoms with E-state index >= 15 is 0 Å². The van der Waals surface area contributed by atoms with Gasteiger partial charge in [-0.15, -0.1) is 0 Å². The topological polar surface area (TPSA) is 203 Å². The molecule has 2 atom stereocenters. The molecule has 0 saturated heterocycles. The maximum Gasteiger partial charge on any atom is 0.490 e. The molecule has 0 bridgehead atoms. The van der Waals surface area contributed by atoms with Crippen LogP contribution in [0.1, 0.15) is 69.8 Å². The lowest BCUT2D eigenvalue weighted by Crippen LogP contribution is -2.50. The highest BCUT2D eigenvalue weighted by Crippen LogP contribution is 2.29. The van der Waals surface area contributed by atoms with Crippen LogP contribution in [0, 0.1) is 18.3 Å². The lowest BCUT2D eigenvalue weighted by molar-refractivity contribution is -0.193. The van der Waals surface area contributed by atoms with Crippen molar-refractivity contribution in [1.82, 2.24) is 15.3 Å². The van der Waals surface area contributed by atoms with E-state index in [-0.39, 0.29) is 29.9 Å². The number of halogens is 6. The molecule has 1 amide bonds. The number of anilines is 2. The van der Waals surface area contributed by atoms with E-state index in [1.54, 1.807) is 0 Å². The number of nitrogens with two attached hydrogens (primary N) is 1. The Hall–Kier alpha value is -4.38. The highest BCUT2D eigenvalue weighted by atomic mass is 19.4. The fourth-order valence-electron chi connectivity index (χ4n) is 5.01. The third-order valence-corrected chi connectivity index (χ3v) is 7.23. The summed E-state index contributed by atoms with van der Waals surface area (Å²) < 4.78 is 63.5. The van der Waals surface area contributed by atoms with Crippen molar-refractivity contribution in [1.29, 1.82) is 5.41 Å². The summed E-state index contributed by atoms with van der Waals surface area (Å²) in [5.74, 6) is -4.39. The van der Waals surface area contributed by atoms with Crippen molar-refractivity contribution < 1.29 is 50.9 Å². The number of nitrogens with zero attached hydrogens (tertiary/aromatic N) is 2. The molecule has 1 aromatic carbocycles. The van der Waals surface area contributed by atoms with Gasteiger partial charge < -0.3 is 26.6 Å². The first kappa shape index (κ1) is 37.8. The third kappa shape index (κ3) is 12.5. The molecule has 0 radical (unpaired) electrons. The molecule has 4 rings (SSSR count). The number of aryl methyl sites for hydroxylation is 1. The first-order valence-electron chi connectivity index (χ1n) is 14.4. The molecule has 12 nitrogen and oxygen atoms in total. The van der Waals surface area contributed by atoms with Gasteiger partial charge in [0.2, 0.25) is 11.9 Å². The number of amides is 1. The second-order valence-electron chi connectivity index (χ2n) is 10.9. The van der Waals surface area contributed by atoms with Crippen LogP contribution in [-0.2, 0) is 14.4 Å². The number of guanidine groups is 1. The first-order chi connectivity index (χ1) is 21.4. The third-order valence-electron chi connectivity index (χ3n) is 7.23. The van der Waals surface area contributed by atoms with Crippen LogP contribution in [0.15, 0.2) is 18.2 Å². The smallest absolute Gasteiger partial charge is 0.475 e. The van der Waals surface area contributed by atoms with E-state index < -0.39 is 24.3 Å². The maximum atomic E-state index is 12.9. The Bertz CT molecular complexity index is 1340. The average Bonchev–Trinajstić information content (AvgIpc) is 3.24. The molecule has 0 spiro atoms. The summed E-state index contributed by atoms with van der Waals surface area (Å²) in [6.07, 6.45) is 0.465. The molecule has 2 aliphatic carbocycles. The van der Waals surface area contributed by atoms with Crippen molar-refractivity contribution in [3.05, 3.63) is 23.8 Å². The lowest BCUT2D eigenvalue weighted by Gasteiger charge is -2.33. The predicted octanol–water partition coefficient (Wildman–Crippen LogP) is 5.32. The molecule has 8 N–H and O–H groups in total. The minimum Gasteiger partial charge on any atom is -0.475 e. The van der Waals surface area contributed by atoms with Gasteiger partial charge in [-0.3, -0.25) is 15.5 Å². The van der Waals surface area contributed by atoms with Gasteiger partial charge in [0.1, 0.15) is 5.82 Å². The van der Waals surface area contributed by atoms with Crippen molar-refractivity contribution in [2.45, 2.75) is 95.6 Å². The summed E-state index contributed by atoms with van der Waals surface area (Å²) in [6.45, 7) is 2.05. The van der Waals surface area contributed by atoms with Crippen molar-refractivity contribution in [2.24, 2.45) is 11.7 Å². The molecule has 46 heavy (non-hydrogen) atoms. The summed E-state index contributed by atoms with van der Waals surface area (Å²) in [5.41, 5.74) is 7.55. The number of carboxylic acids is 2. The number of benzene rings is 1. The Morgan fingerprint density at radius 1 is 0.848 bits per heavy atom. The number of aromatic nitrogens is 2. The molecule has 2 saturated carbocycles. The summed E-state index contributed by atoms with van der Waals surface area (Å²) >= 11 is 0. The number of carbonyl (C=O) groups is 3. The number of fused-ring (bicyclic) bond motifs is 1. The number of hydrogen-bond donors (Lipinski definition) is 7. The van der Waals surface area contributed by atoms with Crippen molar-refractivity contribution in [3.8, 4) is 0 Å². The number of aliphatic carboxylic acids is 2. The van der Waals surface area contributed by atoms with E-state index in [1.165, 1.54) is 12.8 Å². The fraction of sp³-hybridized carbons (Fsp3) is 0.571. The van der Waals surface area contributed by atoms with E-state index in [2.05, 4.69) is 27.0 Å². The van der Waals surface area contributed by atoms with Gasteiger partial charge >= 0.3 is 24.3 Å². The van der Waals surface area contributed by atoms with Crippen LogP contribution < -0.4 is 21.7 Å². The van der Waals surface area contributed by atoms with Gasteiger partial charge in [-0.2, -0.15) is 31.3 Å². The molecule has 18 heteroatoms. The van der Waals surface area contributed by atoms with Gasteiger partial charge in [-0.25, -0.2) is 14.6 Å². The highest BCUT2D eigenvalue weighted by molar-refractivity contribution is 5.95. The van der Waals surface area contributed by atoms with Crippen LogP contribution in [0.4, 0.5) is 38.1 Å². The minimum atomic E-state index is -5.08. The molecule has 256 valence electrons. The predicted molar refractivity (Wildman–Crippen MR) is 156 cm³/mol. The number of carbonyl (C=O) groups excluding carboxylic acids is 1. The zero-order valence-corrected chi connectivity index (χ0v) is 24.9. The van der Waals surface area contributed by atoms with Crippen LogP contribution >= 0.6 is 0 Å². The Morgan fingerprint density at radius 3 is 1.85 bits per heavy atom. The molecular weight excluding hydrogens is 628 g/mol. The van der Waals surface area contributed by atoms with E-state index in [9.17, 15) is 31.1 Å². The normalized spacial score (nSPS) is 18.8. The van der Waals surface area contributed by atoms with Crippen LogP contribution in [0.5, 0.6) is 0 Å². The van der Waals surface area contributed by atoms with Gasteiger partial charge in [-0.05, 0) is 44.7 Å². The Balaban J connectivity index is 0.000000440. The number of hydrogen-bond acceptors (Lipinski definition) is 7. The molecule has 0 aliphatic heterocycles. The van der Waals surface area contributed by atoms with Gasteiger partial charge in [0.15, 0.2) is 5.96 Å². The molecule has 1 heterocycles. The summed E-state index contributed by atoms with van der Waals surface area (Å²) in [7, 11) is 0. The molecule has 2 aliphatic rings. The molecule has 2 unspecified atom stereocenters. The zero-order chi connectivity index (χ0) is 34.7. The molecule has 2 fully saturated rings. The van der Waals surface area contributed by atoms with Gasteiger partial charge in [0, 0.05) is 23.4 Å². The van der Waals surface area contributed by atoms with Crippen LogP contribution in [0.25, 0.3) is 10.9 Å². The highest BCUT2D eigenvalue weighted by Gasteiger charge is 2.39. The van der Waals surface area contributed by atoms with E-state index in [4.69, 9.17) is 35.9 Å². The van der Waals surface area contributed by atoms with Crippen molar-refractivity contribution >= 4 is 46.5 Å². The Labute approximate surface area is 260 Å². The fourth-order valence-corrected chi connectivity index (χ4v) is 5.01. The summed E-state index contributed by atoms with van der Waals surface area (Å²) in [6, 6.07) is 6.24. The number of alkyl halides is 6. The SMILES string of the molecule is Cc1ccc2nc(NC(=O)C3CCCCCC3)nc(NC3CCCCC3NC(=N)N)c2c1.O=C(O)C(F)(F)F.O=C(O)C(F)(F)F. The van der Waals surface area contributed by atoms with Crippen molar-refractivity contribution in [3.63, 3.8) is 0 Å². The largest absolute Gasteiger partial charge is 0.490 e. The Morgan fingerprint density at radius 2 is 1.35 bits per heavy atom. The van der Waals surface area contributed by atoms with Crippen LogP contribution in [0.3, 0.4) is 0 Å². The van der Waals surface area contributed by atoms with E-state index in [0.29, 0.717) is 5.95 Å². The molecule has 1 aromatic heterocycles. The summed E-state index contributed by atoms with van der Waals surface area (Å²) in [4.78, 5) is 40.1. The quantitative estimate of drug-likeness (QED) is 0.0948. The van der Waals surface area contributed by atoms with Gasteiger partial charge in [0.05, 0.1) is 5.52 Å².